The topological polar surface area (TPSA) is 66.1 Å². The first kappa shape index (κ1) is 12.4. The maximum absolute atomic E-state index is 5.52. The number of H-pyrrole nitrogens is 1. The zero-order chi connectivity index (χ0) is 13.4. The maximum Gasteiger partial charge on any atom is 0.179 e. The maximum atomic E-state index is 5.52. The van der Waals surface area contributed by atoms with Crippen molar-refractivity contribution < 1.29 is 4.74 Å². The Morgan fingerprint density at radius 2 is 2.16 bits per heavy atom. The molecule has 1 aliphatic rings. The number of aromatic amines is 1. The van der Waals surface area contributed by atoms with Crippen LogP contribution in [0, 0.1) is 0 Å². The van der Waals surface area contributed by atoms with E-state index in [1.807, 2.05) is 38.2 Å². The standard InChI is InChI=1S/C13H19N5O/c1-14-10-7-19-6-8(10)12-15-9-4-5-11(18(2)3)16-13(9)17-12/h4-5,8,10,14H,6-7H2,1-3H3,(H,15,16,17). The number of hydrogen-bond donors (Lipinski definition) is 2. The van der Waals surface area contributed by atoms with Crippen molar-refractivity contribution in [3.05, 3.63) is 18.0 Å². The molecule has 2 atom stereocenters. The lowest BCUT2D eigenvalue weighted by Crippen LogP contribution is -2.31. The molecule has 0 aliphatic carbocycles. The molecule has 0 aromatic carbocycles. The second-order valence-electron chi connectivity index (χ2n) is 5.10. The number of imidazole rings is 1. The van der Waals surface area contributed by atoms with Gasteiger partial charge in [-0.2, -0.15) is 0 Å². The lowest BCUT2D eigenvalue weighted by Gasteiger charge is -2.13. The lowest BCUT2D eigenvalue weighted by atomic mass is 10.0. The molecule has 6 nitrogen and oxygen atoms in total. The average molecular weight is 261 g/mol. The number of rotatable bonds is 3. The molecule has 0 amide bonds. The SMILES string of the molecule is CNC1COCC1c1nc2nc(N(C)C)ccc2[nH]1. The van der Waals surface area contributed by atoms with Crippen molar-refractivity contribution in [1.82, 2.24) is 20.3 Å². The van der Waals surface area contributed by atoms with E-state index in [0.717, 1.165) is 29.4 Å². The van der Waals surface area contributed by atoms with Crippen LogP contribution < -0.4 is 10.2 Å². The third-order valence-corrected chi connectivity index (χ3v) is 3.61. The number of pyridine rings is 1. The molecule has 102 valence electrons. The highest BCUT2D eigenvalue weighted by atomic mass is 16.5. The van der Waals surface area contributed by atoms with Gasteiger partial charge in [0.2, 0.25) is 0 Å². The molecule has 1 fully saturated rings. The van der Waals surface area contributed by atoms with Crippen LogP contribution in [0.4, 0.5) is 5.82 Å². The van der Waals surface area contributed by atoms with E-state index in [0.29, 0.717) is 12.6 Å². The minimum atomic E-state index is 0.266. The predicted molar refractivity (Wildman–Crippen MR) is 74.6 cm³/mol. The van der Waals surface area contributed by atoms with Gasteiger partial charge in [-0.3, -0.25) is 0 Å². The normalized spacial score (nSPS) is 23.1. The molecule has 0 spiro atoms. The Bertz CT molecular complexity index is 579. The molecule has 3 rings (SSSR count). The zero-order valence-corrected chi connectivity index (χ0v) is 11.5. The van der Waals surface area contributed by atoms with Crippen LogP contribution in [0.15, 0.2) is 12.1 Å². The minimum absolute atomic E-state index is 0.266. The monoisotopic (exact) mass is 261 g/mol. The summed E-state index contributed by atoms with van der Waals surface area (Å²) in [7, 11) is 5.91. The minimum Gasteiger partial charge on any atom is -0.379 e. The Balaban J connectivity index is 1.97. The van der Waals surface area contributed by atoms with Crippen molar-refractivity contribution in [1.29, 1.82) is 0 Å². The molecule has 6 heteroatoms. The third kappa shape index (κ3) is 2.17. The van der Waals surface area contributed by atoms with Crippen LogP contribution in [0.3, 0.4) is 0 Å². The Morgan fingerprint density at radius 3 is 2.89 bits per heavy atom. The molecular formula is C13H19N5O. The van der Waals surface area contributed by atoms with Gasteiger partial charge in [0.15, 0.2) is 5.65 Å². The van der Waals surface area contributed by atoms with Crippen LogP contribution in [-0.2, 0) is 4.74 Å². The molecule has 2 unspecified atom stereocenters. The number of fused-ring (bicyclic) bond motifs is 1. The fraction of sp³-hybridized carbons (Fsp3) is 0.538. The summed E-state index contributed by atoms with van der Waals surface area (Å²) in [4.78, 5) is 14.5. The number of ether oxygens (including phenoxy) is 1. The van der Waals surface area contributed by atoms with Gasteiger partial charge in [-0.05, 0) is 19.2 Å². The van der Waals surface area contributed by atoms with Crippen LogP contribution in [0.5, 0.6) is 0 Å². The van der Waals surface area contributed by atoms with E-state index < -0.39 is 0 Å². The molecule has 19 heavy (non-hydrogen) atoms. The summed E-state index contributed by atoms with van der Waals surface area (Å²) in [5.74, 6) is 2.13. The molecular weight excluding hydrogens is 242 g/mol. The number of nitrogens with one attached hydrogen (secondary N) is 2. The van der Waals surface area contributed by atoms with Crippen molar-refractivity contribution in [2.45, 2.75) is 12.0 Å². The molecule has 0 saturated carbocycles. The molecule has 1 aliphatic heterocycles. The van der Waals surface area contributed by atoms with Crippen molar-refractivity contribution in [3.63, 3.8) is 0 Å². The van der Waals surface area contributed by atoms with E-state index in [2.05, 4.69) is 20.3 Å². The first-order chi connectivity index (χ1) is 9.19. The Labute approximate surface area is 112 Å². The van der Waals surface area contributed by atoms with E-state index in [4.69, 9.17) is 4.74 Å². The van der Waals surface area contributed by atoms with Crippen LogP contribution in [0.2, 0.25) is 0 Å². The van der Waals surface area contributed by atoms with E-state index in [1.54, 1.807) is 0 Å². The summed E-state index contributed by atoms with van der Waals surface area (Å²) in [6, 6.07) is 4.33. The Hall–Kier alpha value is -1.66. The number of nitrogens with zero attached hydrogens (tertiary/aromatic N) is 3. The molecule has 2 aromatic rings. The first-order valence-corrected chi connectivity index (χ1v) is 6.48. The van der Waals surface area contributed by atoms with E-state index in [9.17, 15) is 0 Å². The van der Waals surface area contributed by atoms with Crippen molar-refractivity contribution in [2.75, 3.05) is 39.3 Å². The second kappa shape index (κ2) is 4.79. The molecule has 0 bridgehead atoms. The quantitative estimate of drug-likeness (QED) is 0.852. The molecule has 2 aromatic heterocycles. The fourth-order valence-corrected chi connectivity index (χ4v) is 2.43. The highest BCUT2D eigenvalue weighted by molar-refractivity contribution is 5.73. The first-order valence-electron chi connectivity index (χ1n) is 6.48. The van der Waals surface area contributed by atoms with Gasteiger partial charge in [-0.1, -0.05) is 0 Å². The van der Waals surface area contributed by atoms with Gasteiger partial charge in [0.1, 0.15) is 11.6 Å². The number of aromatic nitrogens is 3. The summed E-state index contributed by atoms with van der Waals surface area (Å²) in [5.41, 5.74) is 1.74. The van der Waals surface area contributed by atoms with E-state index in [1.165, 1.54) is 0 Å². The average Bonchev–Trinajstić information content (AvgIpc) is 3.03. The largest absolute Gasteiger partial charge is 0.379 e. The highest BCUT2D eigenvalue weighted by Gasteiger charge is 2.30. The highest BCUT2D eigenvalue weighted by Crippen LogP contribution is 2.25. The zero-order valence-electron chi connectivity index (χ0n) is 11.5. The number of anilines is 1. The van der Waals surface area contributed by atoms with Crippen LogP contribution >= 0.6 is 0 Å². The molecule has 3 heterocycles. The summed E-state index contributed by atoms with van der Waals surface area (Å²) in [6.45, 7) is 1.43. The molecule has 2 N–H and O–H groups in total. The van der Waals surface area contributed by atoms with Crippen LogP contribution in [0.25, 0.3) is 11.2 Å². The molecule has 1 saturated heterocycles. The summed E-state index contributed by atoms with van der Waals surface area (Å²) >= 11 is 0. The summed E-state index contributed by atoms with van der Waals surface area (Å²) in [6.07, 6.45) is 0. The van der Waals surface area contributed by atoms with Crippen molar-refractivity contribution in [2.24, 2.45) is 0 Å². The van der Waals surface area contributed by atoms with E-state index in [-0.39, 0.29) is 5.92 Å². The van der Waals surface area contributed by atoms with Gasteiger partial charge in [0, 0.05) is 20.1 Å². The Morgan fingerprint density at radius 1 is 1.32 bits per heavy atom. The number of likely N-dealkylation sites (N-methyl/N-ethyl adjacent to an activating group) is 1. The smallest absolute Gasteiger partial charge is 0.179 e. The van der Waals surface area contributed by atoms with Gasteiger partial charge in [0.05, 0.1) is 24.6 Å². The van der Waals surface area contributed by atoms with Gasteiger partial charge in [0.25, 0.3) is 0 Å². The van der Waals surface area contributed by atoms with Gasteiger partial charge >= 0.3 is 0 Å². The lowest BCUT2D eigenvalue weighted by molar-refractivity contribution is 0.188. The Kier molecular flexibility index (Phi) is 3.12. The van der Waals surface area contributed by atoms with Crippen LogP contribution in [-0.4, -0.2) is 55.4 Å². The van der Waals surface area contributed by atoms with Crippen molar-refractivity contribution in [3.8, 4) is 0 Å². The van der Waals surface area contributed by atoms with Gasteiger partial charge in [-0.15, -0.1) is 0 Å². The van der Waals surface area contributed by atoms with Crippen LogP contribution in [0.1, 0.15) is 11.7 Å². The van der Waals surface area contributed by atoms with Gasteiger partial charge < -0.3 is 19.9 Å². The summed E-state index contributed by atoms with van der Waals surface area (Å²) < 4.78 is 5.52. The molecule has 0 radical (unpaired) electrons. The second-order valence-corrected chi connectivity index (χ2v) is 5.10. The predicted octanol–water partition coefficient (Wildman–Crippen LogP) is 0.726. The van der Waals surface area contributed by atoms with E-state index >= 15 is 0 Å². The number of hydrogen-bond acceptors (Lipinski definition) is 5. The van der Waals surface area contributed by atoms with Crippen molar-refractivity contribution >= 4 is 17.0 Å². The van der Waals surface area contributed by atoms with Gasteiger partial charge in [-0.25, -0.2) is 9.97 Å². The third-order valence-electron chi connectivity index (χ3n) is 3.61. The summed E-state index contributed by atoms with van der Waals surface area (Å²) in [5, 5.41) is 3.27. The fourth-order valence-electron chi connectivity index (χ4n) is 2.43.